The zero-order valence-electron chi connectivity index (χ0n) is 15.1. The molecule has 1 saturated heterocycles. The van der Waals surface area contributed by atoms with Crippen LogP contribution in [0.4, 0.5) is 14.9 Å². The first-order valence-corrected chi connectivity index (χ1v) is 9.55. The Balaban J connectivity index is 1.42. The minimum absolute atomic E-state index is 0.00636. The fourth-order valence-electron chi connectivity index (χ4n) is 4.26. The summed E-state index contributed by atoms with van der Waals surface area (Å²) in [7, 11) is 0. The Morgan fingerprint density at radius 3 is 2.97 bits per heavy atom. The van der Waals surface area contributed by atoms with Crippen molar-refractivity contribution in [2.45, 2.75) is 31.3 Å². The Morgan fingerprint density at radius 2 is 2.17 bits per heavy atom. The van der Waals surface area contributed by atoms with E-state index in [1.807, 2.05) is 0 Å². The van der Waals surface area contributed by atoms with Gasteiger partial charge in [-0.2, -0.15) is 10.2 Å². The Labute approximate surface area is 169 Å². The SMILES string of the molecule is O=C(Nc1cc(Cl)c(-c2cn[nH]c2)cc1F)N1[C@H]2CC[C@@H]1c1n[nH]c(=O)cc1C2. The van der Waals surface area contributed by atoms with Crippen LogP contribution in [0.2, 0.25) is 5.02 Å². The van der Waals surface area contributed by atoms with E-state index in [2.05, 4.69) is 25.7 Å². The van der Waals surface area contributed by atoms with Crippen LogP contribution in [0.3, 0.4) is 0 Å². The van der Waals surface area contributed by atoms with Crippen molar-refractivity contribution in [3.8, 4) is 11.1 Å². The summed E-state index contributed by atoms with van der Waals surface area (Å²) in [6, 6.07) is 3.49. The maximum atomic E-state index is 14.7. The molecule has 2 aliphatic heterocycles. The third-order valence-corrected chi connectivity index (χ3v) is 5.85. The van der Waals surface area contributed by atoms with E-state index in [1.165, 1.54) is 18.2 Å². The number of halogens is 2. The van der Waals surface area contributed by atoms with Gasteiger partial charge in [-0.15, -0.1) is 0 Å². The molecule has 148 valence electrons. The molecule has 0 saturated carbocycles. The number of rotatable bonds is 2. The van der Waals surface area contributed by atoms with Crippen LogP contribution < -0.4 is 10.9 Å². The molecule has 1 aromatic carbocycles. The molecule has 0 unspecified atom stereocenters. The Hall–Kier alpha value is -3.20. The highest BCUT2D eigenvalue weighted by Gasteiger charge is 2.44. The lowest BCUT2D eigenvalue weighted by Crippen LogP contribution is -2.45. The summed E-state index contributed by atoms with van der Waals surface area (Å²) in [6.07, 6.45) is 5.25. The molecular formula is C19H16ClFN6O2. The number of nitrogens with zero attached hydrogens (tertiary/aromatic N) is 3. The number of hydrogen-bond acceptors (Lipinski definition) is 4. The number of nitrogens with one attached hydrogen (secondary N) is 3. The van der Waals surface area contributed by atoms with Gasteiger partial charge in [0.2, 0.25) is 0 Å². The lowest BCUT2D eigenvalue weighted by Gasteiger charge is -2.35. The average Bonchev–Trinajstić information content (AvgIpc) is 3.32. The molecule has 2 bridgehead atoms. The number of carbonyl (C=O) groups is 1. The van der Waals surface area contributed by atoms with Crippen LogP contribution >= 0.6 is 11.6 Å². The monoisotopic (exact) mass is 414 g/mol. The highest BCUT2D eigenvalue weighted by molar-refractivity contribution is 6.33. The molecule has 8 nitrogen and oxygen atoms in total. The summed E-state index contributed by atoms with van der Waals surface area (Å²) in [5.74, 6) is -0.592. The van der Waals surface area contributed by atoms with E-state index < -0.39 is 11.8 Å². The van der Waals surface area contributed by atoms with Gasteiger partial charge < -0.3 is 10.2 Å². The Morgan fingerprint density at radius 1 is 1.31 bits per heavy atom. The quantitative estimate of drug-likeness (QED) is 0.598. The van der Waals surface area contributed by atoms with Crippen molar-refractivity contribution >= 4 is 23.3 Å². The van der Waals surface area contributed by atoms with Gasteiger partial charge in [-0.05, 0) is 37.0 Å². The van der Waals surface area contributed by atoms with Gasteiger partial charge in [-0.25, -0.2) is 14.3 Å². The van der Waals surface area contributed by atoms with Gasteiger partial charge in [0.05, 0.1) is 28.6 Å². The number of aromatic amines is 2. The minimum atomic E-state index is -0.592. The van der Waals surface area contributed by atoms with Crippen molar-refractivity contribution < 1.29 is 9.18 Å². The summed E-state index contributed by atoms with van der Waals surface area (Å²) < 4.78 is 14.7. The molecule has 3 aromatic rings. The molecule has 2 aliphatic rings. The minimum Gasteiger partial charge on any atom is -0.313 e. The molecule has 10 heteroatoms. The van der Waals surface area contributed by atoms with Crippen LogP contribution in [0.5, 0.6) is 0 Å². The molecule has 3 N–H and O–H groups in total. The summed E-state index contributed by atoms with van der Waals surface area (Å²) in [5, 5.41) is 16.0. The summed E-state index contributed by atoms with van der Waals surface area (Å²) in [4.78, 5) is 26.2. The molecule has 5 rings (SSSR count). The first-order valence-electron chi connectivity index (χ1n) is 9.17. The molecule has 0 aliphatic carbocycles. The fourth-order valence-corrected chi connectivity index (χ4v) is 4.53. The largest absolute Gasteiger partial charge is 0.322 e. The predicted molar refractivity (Wildman–Crippen MR) is 104 cm³/mol. The van der Waals surface area contributed by atoms with Gasteiger partial charge in [0.1, 0.15) is 5.82 Å². The number of benzene rings is 1. The number of fused-ring (bicyclic) bond motifs is 4. The van der Waals surface area contributed by atoms with E-state index in [4.69, 9.17) is 11.6 Å². The smallest absolute Gasteiger partial charge is 0.313 e. The third kappa shape index (κ3) is 2.98. The van der Waals surface area contributed by atoms with E-state index >= 15 is 0 Å². The van der Waals surface area contributed by atoms with Gasteiger partial charge in [-0.3, -0.25) is 9.89 Å². The molecule has 0 spiro atoms. The number of amides is 2. The van der Waals surface area contributed by atoms with Crippen LogP contribution in [0.1, 0.15) is 30.1 Å². The van der Waals surface area contributed by atoms with E-state index in [1.54, 1.807) is 17.3 Å². The zero-order chi connectivity index (χ0) is 20.1. The van der Waals surface area contributed by atoms with Gasteiger partial charge in [0.15, 0.2) is 0 Å². The highest BCUT2D eigenvalue weighted by Crippen LogP contribution is 2.42. The van der Waals surface area contributed by atoms with Gasteiger partial charge in [0, 0.05) is 29.4 Å². The van der Waals surface area contributed by atoms with Crippen LogP contribution in [-0.4, -0.2) is 37.4 Å². The Kier molecular flexibility index (Phi) is 4.13. The summed E-state index contributed by atoms with van der Waals surface area (Å²) in [6.45, 7) is 0. The van der Waals surface area contributed by atoms with E-state index in [9.17, 15) is 14.0 Å². The van der Waals surface area contributed by atoms with E-state index in [-0.39, 0.29) is 23.3 Å². The molecular weight excluding hydrogens is 399 g/mol. The predicted octanol–water partition coefficient (Wildman–Crippen LogP) is 3.25. The van der Waals surface area contributed by atoms with E-state index in [0.29, 0.717) is 28.3 Å². The van der Waals surface area contributed by atoms with Gasteiger partial charge in [-0.1, -0.05) is 11.6 Å². The standard InChI is InChI=1S/C19H16ClFN6O2/c20-13-6-15(14(21)5-12(13)10-7-22-23-8-10)24-19(29)27-11-1-2-16(27)18-9(3-11)4-17(28)25-26-18/h4-8,11,16H,1-3H2,(H,22,23)(H,24,29)(H,25,28)/t11-,16+/m0/s1. The third-order valence-electron chi connectivity index (χ3n) is 5.54. The molecule has 2 aromatic heterocycles. The van der Waals surface area contributed by atoms with Crippen LogP contribution in [0.25, 0.3) is 11.1 Å². The first kappa shape index (κ1) is 17.9. The summed E-state index contributed by atoms with van der Waals surface area (Å²) >= 11 is 6.30. The molecule has 2 atom stereocenters. The van der Waals surface area contributed by atoms with Crippen molar-refractivity contribution in [1.82, 2.24) is 25.3 Å². The van der Waals surface area contributed by atoms with Crippen LogP contribution in [0, 0.1) is 5.82 Å². The van der Waals surface area contributed by atoms with Crippen molar-refractivity contribution in [1.29, 1.82) is 0 Å². The molecule has 2 amide bonds. The van der Waals surface area contributed by atoms with Gasteiger partial charge in [0.25, 0.3) is 5.56 Å². The molecule has 1 fully saturated rings. The van der Waals surface area contributed by atoms with Crippen molar-refractivity contribution in [2.24, 2.45) is 0 Å². The number of urea groups is 1. The van der Waals surface area contributed by atoms with E-state index in [0.717, 1.165) is 18.4 Å². The lowest BCUT2D eigenvalue weighted by atomic mass is 9.99. The number of anilines is 1. The molecule has 4 heterocycles. The van der Waals surface area contributed by atoms with Crippen molar-refractivity contribution in [3.05, 3.63) is 63.0 Å². The highest BCUT2D eigenvalue weighted by atomic mass is 35.5. The number of aromatic nitrogens is 4. The first-order chi connectivity index (χ1) is 14.0. The zero-order valence-corrected chi connectivity index (χ0v) is 15.8. The molecule has 0 radical (unpaired) electrons. The maximum absolute atomic E-state index is 14.7. The van der Waals surface area contributed by atoms with Crippen molar-refractivity contribution in [3.63, 3.8) is 0 Å². The fraction of sp³-hybridized carbons (Fsp3) is 0.263. The second-order valence-corrected chi connectivity index (χ2v) is 7.64. The number of carbonyl (C=O) groups excluding carboxylic acids is 1. The number of H-pyrrole nitrogens is 2. The topological polar surface area (TPSA) is 107 Å². The van der Waals surface area contributed by atoms with Gasteiger partial charge >= 0.3 is 6.03 Å². The second-order valence-electron chi connectivity index (χ2n) is 7.23. The number of hydrogen-bond donors (Lipinski definition) is 3. The average molecular weight is 415 g/mol. The Bertz CT molecular complexity index is 1160. The van der Waals surface area contributed by atoms with Crippen molar-refractivity contribution in [2.75, 3.05) is 5.32 Å². The second kappa shape index (κ2) is 6.70. The maximum Gasteiger partial charge on any atom is 0.322 e. The molecule has 29 heavy (non-hydrogen) atoms. The summed E-state index contributed by atoms with van der Waals surface area (Å²) in [5.41, 5.74) is 2.45. The van der Waals surface area contributed by atoms with Crippen LogP contribution in [0.15, 0.2) is 35.4 Å². The normalized spacial score (nSPS) is 19.9. The van der Waals surface area contributed by atoms with Crippen LogP contribution in [-0.2, 0) is 6.42 Å². The lowest BCUT2D eigenvalue weighted by molar-refractivity contribution is 0.177.